The lowest BCUT2D eigenvalue weighted by Crippen LogP contribution is -2.36. The lowest BCUT2D eigenvalue weighted by molar-refractivity contribution is 0.320. The number of hydrogen-bond donors (Lipinski definition) is 1. The van der Waals surface area contributed by atoms with Gasteiger partial charge in [0, 0.05) is 18.7 Å². The van der Waals surface area contributed by atoms with Gasteiger partial charge < -0.3 is 9.84 Å². The highest BCUT2D eigenvalue weighted by Gasteiger charge is 2.26. The first-order chi connectivity index (χ1) is 9.83. The van der Waals surface area contributed by atoms with Gasteiger partial charge in [0.15, 0.2) is 0 Å². The predicted octanol–water partition coefficient (Wildman–Crippen LogP) is 3.80. The highest BCUT2D eigenvalue weighted by atomic mass is 16.5. The van der Waals surface area contributed by atoms with Gasteiger partial charge in [0.05, 0.1) is 5.69 Å². The molecule has 1 fully saturated rings. The second-order valence-electron chi connectivity index (χ2n) is 5.72. The molecule has 1 aromatic carbocycles. The van der Waals surface area contributed by atoms with E-state index in [1.54, 1.807) is 0 Å². The minimum absolute atomic E-state index is 0.545. The van der Waals surface area contributed by atoms with Crippen molar-refractivity contribution in [3.63, 3.8) is 0 Å². The van der Waals surface area contributed by atoms with Crippen molar-refractivity contribution in [1.29, 1.82) is 0 Å². The lowest BCUT2D eigenvalue weighted by Gasteiger charge is -2.32. The van der Waals surface area contributed by atoms with Gasteiger partial charge in [0.25, 0.3) is 0 Å². The minimum atomic E-state index is 0.545. The number of nitrogens with zero attached hydrogens (tertiary/aromatic N) is 1. The second kappa shape index (κ2) is 6.23. The van der Waals surface area contributed by atoms with Gasteiger partial charge in [-0.05, 0) is 31.2 Å². The molecular weight excluding hydrogens is 248 g/mol. The van der Waals surface area contributed by atoms with Gasteiger partial charge in [-0.1, -0.05) is 48.3 Å². The van der Waals surface area contributed by atoms with E-state index in [0.29, 0.717) is 12.0 Å². The highest BCUT2D eigenvalue weighted by Crippen LogP contribution is 2.33. The fourth-order valence-electron chi connectivity index (χ4n) is 3.21. The molecule has 1 N–H and O–H groups in total. The molecule has 2 aromatic rings. The van der Waals surface area contributed by atoms with Crippen LogP contribution in [-0.2, 0) is 6.54 Å². The Morgan fingerprint density at radius 1 is 1.20 bits per heavy atom. The molecule has 1 aliphatic carbocycles. The third kappa shape index (κ3) is 3.10. The van der Waals surface area contributed by atoms with E-state index in [9.17, 15) is 0 Å². The SMILES string of the molecule is Cc1cc(CNC2CCCCC2c2ccccc2)no1. The number of hydrogen-bond acceptors (Lipinski definition) is 3. The maximum atomic E-state index is 5.13. The van der Waals surface area contributed by atoms with Crippen LogP contribution in [0, 0.1) is 6.92 Å². The molecule has 20 heavy (non-hydrogen) atoms. The first-order valence-corrected chi connectivity index (χ1v) is 7.53. The number of rotatable bonds is 4. The molecule has 3 heteroatoms. The molecule has 0 spiro atoms. The first kappa shape index (κ1) is 13.4. The van der Waals surface area contributed by atoms with Crippen LogP contribution < -0.4 is 5.32 Å². The summed E-state index contributed by atoms with van der Waals surface area (Å²) in [4.78, 5) is 0. The van der Waals surface area contributed by atoms with E-state index in [1.165, 1.54) is 31.2 Å². The molecule has 1 saturated carbocycles. The molecule has 3 rings (SSSR count). The fourth-order valence-corrected chi connectivity index (χ4v) is 3.21. The largest absolute Gasteiger partial charge is 0.361 e. The van der Waals surface area contributed by atoms with Crippen LogP contribution in [0.25, 0.3) is 0 Å². The zero-order chi connectivity index (χ0) is 13.8. The fraction of sp³-hybridized carbons (Fsp3) is 0.471. The molecule has 0 aliphatic heterocycles. The van der Waals surface area contributed by atoms with Crippen molar-refractivity contribution in [1.82, 2.24) is 10.5 Å². The minimum Gasteiger partial charge on any atom is -0.361 e. The first-order valence-electron chi connectivity index (χ1n) is 7.53. The van der Waals surface area contributed by atoms with Crippen molar-refractivity contribution in [3.8, 4) is 0 Å². The maximum Gasteiger partial charge on any atom is 0.133 e. The predicted molar refractivity (Wildman–Crippen MR) is 79.5 cm³/mol. The van der Waals surface area contributed by atoms with Crippen LogP contribution in [0.5, 0.6) is 0 Å². The van der Waals surface area contributed by atoms with Crippen LogP contribution in [-0.4, -0.2) is 11.2 Å². The van der Waals surface area contributed by atoms with E-state index < -0.39 is 0 Å². The Morgan fingerprint density at radius 3 is 2.75 bits per heavy atom. The molecule has 0 radical (unpaired) electrons. The Hall–Kier alpha value is -1.61. The van der Waals surface area contributed by atoms with E-state index in [2.05, 4.69) is 40.8 Å². The van der Waals surface area contributed by atoms with Gasteiger partial charge in [0.1, 0.15) is 5.76 Å². The smallest absolute Gasteiger partial charge is 0.133 e. The third-order valence-corrected chi connectivity index (χ3v) is 4.22. The van der Waals surface area contributed by atoms with Gasteiger partial charge in [0.2, 0.25) is 0 Å². The van der Waals surface area contributed by atoms with Crippen molar-refractivity contribution < 1.29 is 4.52 Å². The van der Waals surface area contributed by atoms with Gasteiger partial charge in [-0.15, -0.1) is 0 Å². The van der Waals surface area contributed by atoms with Crippen LogP contribution in [0.15, 0.2) is 40.9 Å². The Kier molecular flexibility index (Phi) is 4.16. The van der Waals surface area contributed by atoms with Crippen LogP contribution in [0.1, 0.15) is 48.6 Å². The molecular formula is C17H22N2O. The normalized spacial score (nSPS) is 22.9. The summed E-state index contributed by atoms with van der Waals surface area (Å²) in [6, 6.07) is 13.4. The number of aryl methyl sites for hydroxylation is 1. The molecule has 2 atom stereocenters. The molecule has 1 aromatic heterocycles. The Labute approximate surface area is 120 Å². The van der Waals surface area contributed by atoms with Gasteiger partial charge in [-0.3, -0.25) is 0 Å². The highest BCUT2D eigenvalue weighted by molar-refractivity contribution is 5.22. The summed E-state index contributed by atoms with van der Waals surface area (Å²) in [6.07, 6.45) is 5.18. The third-order valence-electron chi connectivity index (χ3n) is 4.22. The number of benzene rings is 1. The van der Waals surface area contributed by atoms with Crippen molar-refractivity contribution in [2.45, 2.75) is 51.1 Å². The molecule has 3 nitrogen and oxygen atoms in total. The van der Waals surface area contributed by atoms with Crippen LogP contribution in [0.2, 0.25) is 0 Å². The maximum absolute atomic E-state index is 5.13. The summed E-state index contributed by atoms with van der Waals surface area (Å²) in [5, 5.41) is 7.74. The average molecular weight is 270 g/mol. The van der Waals surface area contributed by atoms with Crippen LogP contribution in [0.4, 0.5) is 0 Å². The molecule has 1 heterocycles. The summed E-state index contributed by atoms with van der Waals surface area (Å²) < 4.78 is 5.13. The standard InChI is InChI=1S/C17H22N2O/c1-13-11-15(19-20-13)12-18-17-10-6-5-9-16(17)14-7-3-2-4-8-14/h2-4,7-8,11,16-18H,5-6,9-10,12H2,1H3. The second-order valence-corrected chi connectivity index (χ2v) is 5.72. The molecule has 1 aliphatic rings. The number of aromatic nitrogens is 1. The van der Waals surface area contributed by atoms with Crippen molar-refractivity contribution in [2.75, 3.05) is 0 Å². The molecule has 0 amide bonds. The van der Waals surface area contributed by atoms with E-state index in [4.69, 9.17) is 4.52 Å². The summed E-state index contributed by atoms with van der Waals surface area (Å²) in [6.45, 7) is 2.73. The molecule has 0 saturated heterocycles. The number of nitrogens with one attached hydrogen (secondary N) is 1. The van der Waals surface area contributed by atoms with Gasteiger partial charge in [-0.25, -0.2) is 0 Å². The molecule has 2 unspecified atom stereocenters. The molecule has 106 valence electrons. The van der Waals surface area contributed by atoms with E-state index >= 15 is 0 Å². The zero-order valence-electron chi connectivity index (χ0n) is 12.0. The van der Waals surface area contributed by atoms with Gasteiger partial charge in [-0.2, -0.15) is 0 Å². The van der Waals surface area contributed by atoms with Crippen molar-refractivity contribution >= 4 is 0 Å². The van der Waals surface area contributed by atoms with Gasteiger partial charge >= 0.3 is 0 Å². The van der Waals surface area contributed by atoms with Crippen molar-refractivity contribution in [3.05, 3.63) is 53.4 Å². The summed E-state index contributed by atoms with van der Waals surface area (Å²) in [7, 11) is 0. The topological polar surface area (TPSA) is 38.1 Å². The van der Waals surface area contributed by atoms with E-state index in [0.717, 1.165) is 18.0 Å². The molecule has 0 bridgehead atoms. The zero-order valence-corrected chi connectivity index (χ0v) is 12.0. The van der Waals surface area contributed by atoms with Crippen LogP contribution >= 0.6 is 0 Å². The summed E-state index contributed by atoms with van der Waals surface area (Å²) in [5.74, 6) is 1.50. The average Bonchev–Trinajstić information content (AvgIpc) is 2.92. The van der Waals surface area contributed by atoms with Crippen LogP contribution in [0.3, 0.4) is 0 Å². The Morgan fingerprint density at radius 2 is 2.00 bits per heavy atom. The van der Waals surface area contributed by atoms with Crippen molar-refractivity contribution in [2.24, 2.45) is 0 Å². The monoisotopic (exact) mass is 270 g/mol. The Balaban J connectivity index is 1.66. The summed E-state index contributed by atoms with van der Waals surface area (Å²) >= 11 is 0. The van der Waals surface area contributed by atoms with E-state index in [1.807, 2.05) is 13.0 Å². The Bertz CT molecular complexity index is 535. The van der Waals surface area contributed by atoms with E-state index in [-0.39, 0.29) is 0 Å². The lowest BCUT2D eigenvalue weighted by atomic mass is 9.80. The quantitative estimate of drug-likeness (QED) is 0.918. The summed E-state index contributed by atoms with van der Waals surface area (Å²) in [5.41, 5.74) is 2.46.